The molecule has 3 aromatic rings. The van der Waals surface area contributed by atoms with Crippen LogP contribution in [0.4, 0.5) is 5.69 Å². The highest BCUT2D eigenvalue weighted by Gasteiger charge is 2.11. The number of aromatic amines is 2. The number of rotatable bonds is 2. The maximum Gasteiger partial charge on any atom is 0.271 e. The maximum atomic E-state index is 10.9. The molecule has 0 atom stereocenters. The smallest absolute Gasteiger partial charge is 0.271 e. The van der Waals surface area contributed by atoms with E-state index in [0.29, 0.717) is 22.6 Å². The van der Waals surface area contributed by atoms with Crippen molar-refractivity contribution >= 4 is 16.7 Å². The van der Waals surface area contributed by atoms with Crippen molar-refractivity contribution in [1.29, 1.82) is 0 Å². The van der Waals surface area contributed by atoms with Crippen LogP contribution in [-0.2, 0) is 0 Å². The standard InChI is InChI=1S/C11H7N5O3/c17-10-4-3-8(14-15-10)11-12-7-2-1-6(16(18)19)5-9(7)13-11/h1-5H,(H,12,13)(H,15,17). The van der Waals surface area contributed by atoms with E-state index in [9.17, 15) is 14.9 Å². The molecule has 8 heteroatoms. The fourth-order valence-corrected chi connectivity index (χ4v) is 1.71. The van der Waals surface area contributed by atoms with E-state index in [0.717, 1.165) is 0 Å². The summed E-state index contributed by atoms with van der Waals surface area (Å²) in [6.45, 7) is 0. The molecule has 0 radical (unpaired) electrons. The van der Waals surface area contributed by atoms with E-state index in [1.807, 2.05) is 0 Å². The summed E-state index contributed by atoms with van der Waals surface area (Å²) in [6.07, 6.45) is 0. The molecular formula is C11H7N5O3. The van der Waals surface area contributed by atoms with Gasteiger partial charge in [0.05, 0.1) is 16.0 Å². The lowest BCUT2D eigenvalue weighted by Crippen LogP contribution is -2.05. The third-order valence-corrected chi connectivity index (χ3v) is 2.60. The van der Waals surface area contributed by atoms with Crippen molar-refractivity contribution in [2.24, 2.45) is 0 Å². The van der Waals surface area contributed by atoms with E-state index in [-0.39, 0.29) is 11.2 Å². The number of nitro groups is 1. The van der Waals surface area contributed by atoms with Crippen LogP contribution >= 0.6 is 0 Å². The molecule has 19 heavy (non-hydrogen) atoms. The summed E-state index contributed by atoms with van der Waals surface area (Å²) in [5.41, 5.74) is 1.26. The van der Waals surface area contributed by atoms with E-state index >= 15 is 0 Å². The maximum absolute atomic E-state index is 10.9. The molecule has 2 heterocycles. The Hall–Kier alpha value is -3.03. The second-order valence-electron chi connectivity index (χ2n) is 3.85. The van der Waals surface area contributed by atoms with Gasteiger partial charge in [0.1, 0.15) is 5.69 Å². The number of non-ortho nitro benzene ring substituents is 1. The average Bonchev–Trinajstić information content (AvgIpc) is 2.82. The van der Waals surface area contributed by atoms with Gasteiger partial charge in [-0.3, -0.25) is 14.9 Å². The minimum Gasteiger partial charge on any atom is -0.336 e. The first-order valence-corrected chi connectivity index (χ1v) is 5.34. The van der Waals surface area contributed by atoms with Crippen molar-refractivity contribution in [2.45, 2.75) is 0 Å². The second-order valence-corrected chi connectivity index (χ2v) is 3.85. The van der Waals surface area contributed by atoms with Crippen molar-refractivity contribution < 1.29 is 4.92 Å². The van der Waals surface area contributed by atoms with Gasteiger partial charge in [0.15, 0.2) is 5.82 Å². The van der Waals surface area contributed by atoms with Crippen LogP contribution in [0, 0.1) is 10.1 Å². The fraction of sp³-hybridized carbons (Fsp3) is 0. The third-order valence-electron chi connectivity index (χ3n) is 2.60. The number of aromatic nitrogens is 4. The molecule has 8 nitrogen and oxygen atoms in total. The van der Waals surface area contributed by atoms with Gasteiger partial charge in [-0.1, -0.05) is 0 Å². The van der Waals surface area contributed by atoms with Crippen LogP contribution in [0.15, 0.2) is 35.1 Å². The highest BCUT2D eigenvalue weighted by Crippen LogP contribution is 2.22. The van der Waals surface area contributed by atoms with E-state index in [1.54, 1.807) is 6.07 Å². The zero-order valence-electron chi connectivity index (χ0n) is 9.45. The van der Waals surface area contributed by atoms with Crippen molar-refractivity contribution in [3.63, 3.8) is 0 Å². The SMILES string of the molecule is O=c1ccc(-c2nc3ccc([N+](=O)[O-])cc3[nH]2)n[nH]1. The molecular weight excluding hydrogens is 250 g/mol. The normalized spacial score (nSPS) is 10.7. The van der Waals surface area contributed by atoms with Crippen LogP contribution < -0.4 is 5.56 Å². The first kappa shape index (κ1) is 11.1. The Kier molecular flexibility index (Phi) is 2.34. The van der Waals surface area contributed by atoms with Gasteiger partial charge in [0.25, 0.3) is 11.2 Å². The monoisotopic (exact) mass is 257 g/mol. The van der Waals surface area contributed by atoms with Crippen molar-refractivity contribution in [2.75, 3.05) is 0 Å². The van der Waals surface area contributed by atoms with E-state index in [4.69, 9.17) is 0 Å². The topological polar surface area (TPSA) is 118 Å². The zero-order valence-corrected chi connectivity index (χ0v) is 9.45. The van der Waals surface area contributed by atoms with Gasteiger partial charge in [-0.15, -0.1) is 0 Å². The van der Waals surface area contributed by atoms with E-state index in [1.165, 1.54) is 24.3 Å². The minimum absolute atomic E-state index is 0.0165. The van der Waals surface area contributed by atoms with Gasteiger partial charge in [0.2, 0.25) is 0 Å². The summed E-state index contributed by atoms with van der Waals surface area (Å²) >= 11 is 0. The second kappa shape index (κ2) is 4.02. The average molecular weight is 257 g/mol. The Labute approximate surface area is 105 Å². The van der Waals surface area contributed by atoms with Crippen molar-refractivity contribution in [1.82, 2.24) is 20.2 Å². The first-order chi connectivity index (χ1) is 9.13. The largest absolute Gasteiger partial charge is 0.336 e. The van der Waals surface area contributed by atoms with Crippen LogP contribution in [0.2, 0.25) is 0 Å². The molecule has 2 N–H and O–H groups in total. The molecule has 0 unspecified atom stereocenters. The lowest BCUT2D eigenvalue weighted by Gasteiger charge is -1.92. The van der Waals surface area contributed by atoms with Gasteiger partial charge >= 0.3 is 0 Å². The first-order valence-electron chi connectivity index (χ1n) is 5.34. The van der Waals surface area contributed by atoms with Gasteiger partial charge < -0.3 is 4.98 Å². The Morgan fingerprint density at radius 2 is 2.05 bits per heavy atom. The van der Waals surface area contributed by atoms with Crippen LogP contribution in [0.25, 0.3) is 22.6 Å². The lowest BCUT2D eigenvalue weighted by atomic mass is 10.3. The van der Waals surface area contributed by atoms with E-state index in [2.05, 4.69) is 20.2 Å². The van der Waals surface area contributed by atoms with Crippen LogP contribution in [0.3, 0.4) is 0 Å². The zero-order chi connectivity index (χ0) is 13.4. The number of nitrogens with zero attached hydrogens (tertiary/aromatic N) is 3. The van der Waals surface area contributed by atoms with Crippen LogP contribution in [0.1, 0.15) is 0 Å². The number of H-pyrrole nitrogens is 2. The molecule has 0 bridgehead atoms. The molecule has 0 saturated carbocycles. The van der Waals surface area contributed by atoms with Crippen molar-refractivity contribution in [3.05, 3.63) is 50.8 Å². The quantitative estimate of drug-likeness (QED) is 0.528. The van der Waals surface area contributed by atoms with E-state index < -0.39 is 4.92 Å². The van der Waals surface area contributed by atoms with Crippen LogP contribution in [0.5, 0.6) is 0 Å². The fourth-order valence-electron chi connectivity index (χ4n) is 1.71. The highest BCUT2D eigenvalue weighted by atomic mass is 16.6. The number of nitro benzene ring substituents is 1. The number of nitrogens with one attached hydrogen (secondary N) is 2. The Balaban J connectivity index is 2.13. The Bertz CT molecular complexity index is 815. The third kappa shape index (κ3) is 1.95. The predicted octanol–water partition coefficient (Wildman–Crippen LogP) is 1.22. The number of imidazole rings is 1. The molecule has 3 rings (SSSR count). The molecule has 0 fully saturated rings. The number of fused-ring (bicyclic) bond motifs is 1. The van der Waals surface area contributed by atoms with Crippen molar-refractivity contribution in [3.8, 4) is 11.5 Å². The molecule has 94 valence electrons. The molecule has 0 amide bonds. The summed E-state index contributed by atoms with van der Waals surface area (Å²) in [5.74, 6) is 0.437. The Morgan fingerprint density at radius 3 is 2.74 bits per heavy atom. The van der Waals surface area contributed by atoms with Gasteiger partial charge in [0, 0.05) is 18.2 Å². The van der Waals surface area contributed by atoms with Gasteiger partial charge in [-0.25, -0.2) is 10.1 Å². The summed E-state index contributed by atoms with van der Waals surface area (Å²) in [6, 6.07) is 7.19. The predicted molar refractivity (Wildman–Crippen MR) is 66.6 cm³/mol. The molecule has 1 aromatic carbocycles. The Morgan fingerprint density at radius 1 is 1.21 bits per heavy atom. The number of hydrogen-bond acceptors (Lipinski definition) is 5. The minimum atomic E-state index is -0.474. The summed E-state index contributed by atoms with van der Waals surface area (Å²) in [4.78, 5) is 28.3. The summed E-state index contributed by atoms with van der Waals surface area (Å²) in [7, 11) is 0. The lowest BCUT2D eigenvalue weighted by molar-refractivity contribution is -0.384. The summed E-state index contributed by atoms with van der Waals surface area (Å²) in [5, 5.41) is 16.8. The molecule has 0 aliphatic carbocycles. The molecule has 0 aliphatic rings. The van der Waals surface area contributed by atoms with Gasteiger partial charge in [-0.05, 0) is 12.1 Å². The number of hydrogen-bond donors (Lipinski definition) is 2. The highest BCUT2D eigenvalue weighted by molar-refractivity contribution is 5.80. The summed E-state index contributed by atoms with van der Waals surface area (Å²) < 4.78 is 0. The molecule has 2 aromatic heterocycles. The molecule has 0 aliphatic heterocycles. The molecule has 0 saturated heterocycles. The van der Waals surface area contributed by atoms with Crippen LogP contribution in [-0.4, -0.2) is 25.1 Å². The molecule has 0 spiro atoms. The van der Waals surface area contributed by atoms with Gasteiger partial charge in [-0.2, -0.15) is 5.10 Å². The number of benzene rings is 1.